The summed E-state index contributed by atoms with van der Waals surface area (Å²) in [5.74, 6) is 0. The van der Waals surface area contributed by atoms with Crippen molar-refractivity contribution in [1.82, 2.24) is 5.32 Å². The quantitative estimate of drug-likeness (QED) is 0.880. The van der Waals surface area contributed by atoms with Gasteiger partial charge >= 0.3 is 6.09 Å². The number of aryl methyl sites for hydroxylation is 1. The fourth-order valence-electron chi connectivity index (χ4n) is 1.83. The Bertz CT molecular complexity index is 407. The molecular weight excluding hydrogens is 226 g/mol. The Balaban J connectivity index is 2.74. The van der Waals surface area contributed by atoms with Gasteiger partial charge in [-0.3, -0.25) is 0 Å². The Labute approximate surface area is 110 Å². The lowest BCUT2D eigenvalue weighted by molar-refractivity contribution is 0.0502. The summed E-state index contributed by atoms with van der Waals surface area (Å²) in [6.07, 6.45) is 0.474. The number of ether oxygens (including phenoxy) is 1. The van der Waals surface area contributed by atoms with Crippen molar-refractivity contribution < 1.29 is 9.53 Å². The lowest BCUT2D eigenvalue weighted by atomic mass is 10.00. The molecule has 1 aromatic rings. The van der Waals surface area contributed by atoms with E-state index in [9.17, 15) is 4.79 Å². The Morgan fingerprint density at radius 1 is 1.33 bits per heavy atom. The van der Waals surface area contributed by atoms with Crippen molar-refractivity contribution in [2.75, 3.05) is 0 Å². The van der Waals surface area contributed by atoms with Gasteiger partial charge in [0.1, 0.15) is 5.60 Å². The molecule has 0 aliphatic heterocycles. The minimum Gasteiger partial charge on any atom is -0.444 e. The lowest BCUT2D eigenvalue weighted by Crippen LogP contribution is -2.35. The van der Waals surface area contributed by atoms with E-state index in [1.807, 2.05) is 39.0 Å². The van der Waals surface area contributed by atoms with E-state index in [4.69, 9.17) is 4.74 Å². The molecule has 1 N–H and O–H groups in total. The van der Waals surface area contributed by atoms with E-state index < -0.39 is 5.60 Å². The predicted molar refractivity (Wildman–Crippen MR) is 73.6 cm³/mol. The van der Waals surface area contributed by atoms with Crippen LogP contribution in [-0.4, -0.2) is 11.7 Å². The third-order valence-electron chi connectivity index (χ3n) is 2.66. The molecule has 0 heterocycles. The molecule has 1 rings (SSSR count). The average Bonchev–Trinajstić information content (AvgIpc) is 2.24. The normalized spacial score (nSPS) is 12.9. The maximum atomic E-state index is 11.8. The van der Waals surface area contributed by atoms with E-state index in [2.05, 4.69) is 25.2 Å². The highest BCUT2D eigenvalue weighted by molar-refractivity contribution is 5.68. The molecule has 3 heteroatoms. The maximum absolute atomic E-state index is 11.8. The molecule has 1 atom stereocenters. The van der Waals surface area contributed by atoms with Gasteiger partial charge in [0.2, 0.25) is 0 Å². The number of alkyl carbamates (subject to hydrolysis) is 1. The van der Waals surface area contributed by atoms with Crippen molar-refractivity contribution in [1.29, 1.82) is 0 Å². The summed E-state index contributed by atoms with van der Waals surface area (Å²) in [5, 5.41) is 2.92. The molecule has 0 saturated heterocycles. The van der Waals surface area contributed by atoms with E-state index in [1.54, 1.807) is 0 Å². The van der Waals surface area contributed by atoms with Gasteiger partial charge in [-0.15, -0.1) is 0 Å². The predicted octanol–water partition coefficient (Wildman–Crippen LogP) is 3.97. The van der Waals surface area contributed by atoms with Crippen LogP contribution in [0.3, 0.4) is 0 Å². The Kier molecular flexibility index (Phi) is 4.76. The SMILES string of the molecule is CCC(NC(=O)OC(C)(C)C)c1ccccc1C. The van der Waals surface area contributed by atoms with Crippen LogP contribution in [0.25, 0.3) is 0 Å². The number of benzene rings is 1. The first-order valence-electron chi connectivity index (χ1n) is 6.38. The first-order valence-corrected chi connectivity index (χ1v) is 6.38. The van der Waals surface area contributed by atoms with Gasteiger partial charge in [0.15, 0.2) is 0 Å². The van der Waals surface area contributed by atoms with Crippen LogP contribution >= 0.6 is 0 Å². The van der Waals surface area contributed by atoms with Crippen LogP contribution in [0.1, 0.15) is 51.3 Å². The highest BCUT2D eigenvalue weighted by Gasteiger charge is 2.20. The van der Waals surface area contributed by atoms with Gasteiger partial charge in [-0.25, -0.2) is 4.79 Å². The van der Waals surface area contributed by atoms with Gasteiger partial charge in [-0.1, -0.05) is 31.2 Å². The molecule has 1 amide bonds. The van der Waals surface area contributed by atoms with Gasteiger partial charge in [0.05, 0.1) is 6.04 Å². The minimum absolute atomic E-state index is 0.000972. The van der Waals surface area contributed by atoms with Crippen molar-refractivity contribution in [2.45, 2.75) is 52.7 Å². The van der Waals surface area contributed by atoms with E-state index in [0.29, 0.717) is 0 Å². The van der Waals surface area contributed by atoms with Gasteiger partial charge < -0.3 is 10.1 Å². The number of rotatable bonds is 3. The van der Waals surface area contributed by atoms with Crippen LogP contribution in [-0.2, 0) is 4.74 Å². The first kappa shape index (κ1) is 14.6. The van der Waals surface area contributed by atoms with Crippen molar-refractivity contribution in [3.05, 3.63) is 35.4 Å². The van der Waals surface area contributed by atoms with E-state index in [-0.39, 0.29) is 12.1 Å². The van der Waals surface area contributed by atoms with Crippen molar-refractivity contribution in [2.24, 2.45) is 0 Å². The molecule has 0 spiro atoms. The zero-order valence-corrected chi connectivity index (χ0v) is 11.9. The molecular formula is C15H23NO2. The van der Waals surface area contributed by atoms with Crippen molar-refractivity contribution in [3.8, 4) is 0 Å². The van der Waals surface area contributed by atoms with Gasteiger partial charge in [-0.2, -0.15) is 0 Å². The molecule has 1 aromatic carbocycles. The van der Waals surface area contributed by atoms with Crippen LogP contribution in [0.2, 0.25) is 0 Å². The largest absolute Gasteiger partial charge is 0.444 e. The molecule has 0 radical (unpaired) electrons. The van der Waals surface area contributed by atoms with Crippen LogP contribution in [0.4, 0.5) is 4.79 Å². The molecule has 0 aliphatic carbocycles. The summed E-state index contributed by atoms with van der Waals surface area (Å²) in [7, 11) is 0. The van der Waals surface area contributed by atoms with Crippen LogP contribution in [0.5, 0.6) is 0 Å². The summed E-state index contributed by atoms with van der Waals surface area (Å²) in [6.45, 7) is 9.69. The number of carbonyl (C=O) groups is 1. The van der Waals surface area contributed by atoms with E-state index >= 15 is 0 Å². The third-order valence-corrected chi connectivity index (χ3v) is 2.66. The Morgan fingerprint density at radius 3 is 2.44 bits per heavy atom. The standard InChI is InChI=1S/C15H23NO2/c1-6-13(12-10-8-7-9-11(12)2)16-14(17)18-15(3,4)5/h7-10,13H,6H2,1-5H3,(H,16,17). The topological polar surface area (TPSA) is 38.3 Å². The molecule has 0 aromatic heterocycles. The highest BCUT2D eigenvalue weighted by Crippen LogP contribution is 2.20. The molecule has 18 heavy (non-hydrogen) atoms. The zero-order valence-electron chi connectivity index (χ0n) is 11.9. The molecule has 0 aliphatic rings. The second-order valence-corrected chi connectivity index (χ2v) is 5.46. The third kappa shape index (κ3) is 4.40. The van der Waals surface area contributed by atoms with Crippen LogP contribution in [0, 0.1) is 6.92 Å². The Morgan fingerprint density at radius 2 is 1.94 bits per heavy atom. The van der Waals surface area contributed by atoms with Gasteiger partial charge in [0, 0.05) is 0 Å². The Hall–Kier alpha value is -1.51. The summed E-state index contributed by atoms with van der Waals surface area (Å²) >= 11 is 0. The molecule has 100 valence electrons. The monoisotopic (exact) mass is 249 g/mol. The lowest BCUT2D eigenvalue weighted by Gasteiger charge is -2.24. The maximum Gasteiger partial charge on any atom is 0.408 e. The summed E-state index contributed by atoms with van der Waals surface area (Å²) in [4.78, 5) is 11.8. The second kappa shape index (κ2) is 5.89. The smallest absolute Gasteiger partial charge is 0.408 e. The average molecular weight is 249 g/mol. The highest BCUT2D eigenvalue weighted by atomic mass is 16.6. The molecule has 3 nitrogen and oxygen atoms in total. The number of hydrogen-bond donors (Lipinski definition) is 1. The molecule has 0 bridgehead atoms. The number of hydrogen-bond acceptors (Lipinski definition) is 2. The fraction of sp³-hybridized carbons (Fsp3) is 0.533. The van der Waals surface area contributed by atoms with E-state index in [0.717, 1.165) is 12.0 Å². The number of nitrogens with one attached hydrogen (secondary N) is 1. The molecule has 1 unspecified atom stereocenters. The summed E-state index contributed by atoms with van der Waals surface area (Å²) in [5.41, 5.74) is 1.86. The molecule has 0 saturated carbocycles. The van der Waals surface area contributed by atoms with Crippen molar-refractivity contribution >= 4 is 6.09 Å². The summed E-state index contributed by atoms with van der Waals surface area (Å²) < 4.78 is 5.28. The number of amides is 1. The summed E-state index contributed by atoms with van der Waals surface area (Å²) in [6, 6.07) is 8.08. The van der Waals surface area contributed by atoms with Crippen LogP contribution < -0.4 is 5.32 Å². The van der Waals surface area contributed by atoms with Crippen LogP contribution in [0.15, 0.2) is 24.3 Å². The number of carbonyl (C=O) groups excluding carboxylic acids is 1. The zero-order chi connectivity index (χ0) is 13.8. The second-order valence-electron chi connectivity index (χ2n) is 5.46. The van der Waals surface area contributed by atoms with Gasteiger partial charge in [-0.05, 0) is 45.2 Å². The first-order chi connectivity index (χ1) is 8.33. The van der Waals surface area contributed by atoms with Crippen molar-refractivity contribution in [3.63, 3.8) is 0 Å². The minimum atomic E-state index is -0.464. The molecule has 0 fully saturated rings. The fourth-order valence-corrected chi connectivity index (χ4v) is 1.83. The van der Waals surface area contributed by atoms with E-state index in [1.165, 1.54) is 5.56 Å². The van der Waals surface area contributed by atoms with Gasteiger partial charge in [0.25, 0.3) is 0 Å².